The molecule has 0 aromatic heterocycles. The number of nitrogens with one attached hydrogen (secondary N) is 1. The Bertz CT molecular complexity index is 511. The van der Waals surface area contributed by atoms with Gasteiger partial charge in [-0.25, -0.2) is 8.42 Å². The standard InChI is InChI=1S/C14H23NO3S/c1-11-5-6-12(2)13(9-11)14(15-3)10-19(16,17)8-7-18-4/h5-6,9,14-15H,7-8,10H2,1-4H3. The topological polar surface area (TPSA) is 55.4 Å². The molecule has 108 valence electrons. The first-order valence-corrected chi connectivity index (χ1v) is 8.15. The van der Waals surface area contributed by atoms with Crippen LogP contribution >= 0.6 is 0 Å². The summed E-state index contributed by atoms with van der Waals surface area (Å²) in [5.74, 6) is 0.156. The third-order valence-electron chi connectivity index (χ3n) is 3.18. The molecule has 0 fully saturated rings. The predicted octanol–water partition coefficient (Wildman–Crippen LogP) is 1.63. The van der Waals surface area contributed by atoms with Crippen LogP contribution < -0.4 is 5.32 Å². The Hall–Kier alpha value is -0.910. The van der Waals surface area contributed by atoms with E-state index in [1.54, 1.807) is 7.05 Å². The minimum absolute atomic E-state index is 0.0620. The van der Waals surface area contributed by atoms with Gasteiger partial charge in [-0.1, -0.05) is 23.8 Å². The highest BCUT2D eigenvalue weighted by Crippen LogP contribution is 2.20. The number of benzene rings is 1. The maximum Gasteiger partial charge on any atom is 0.154 e. The van der Waals surface area contributed by atoms with Gasteiger partial charge in [-0.3, -0.25) is 0 Å². The second kappa shape index (κ2) is 7.03. The van der Waals surface area contributed by atoms with Gasteiger partial charge in [0.15, 0.2) is 9.84 Å². The van der Waals surface area contributed by atoms with Gasteiger partial charge in [0.25, 0.3) is 0 Å². The summed E-state index contributed by atoms with van der Waals surface area (Å²) in [7, 11) is 0.179. The van der Waals surface area contributed by atoms with Crippen LogP contribution in [0.3, 0.4) is 0 Å². The normalized spacial score (nSPS) is 13.5. The molecule has 1 aromatic carbocycles. The first-order chi connectivity index (χ1) is 8.89. The van der Waals surface area contributed by atoms with Gasteiger partial charge in [-0.05, 0) is 32.0 Å². The average molecular weight is 285 g/mol. The molecule has 0 spiro atoms. The smallest absolute Gasteiger partial charge is 0.154 e. The van der Waals surface area contributed by atoms with E-state index in [2.05, 4.69) is 5.32 Å². The molecule has 5 heteroatoms. The van der Waals surface area contributed by atoms with Crippen LogP contribution in [0.5, 0.6) is 0 Å². The molecule has 1 N–H and O–H groups in total. The molecule has 19 heavy (non-hydrogen) atoms. The Labute approximate surface area is 116 Å². The van der Waals surface area contributed by atoms with Gasteiger partial charge in [0, 0.05) is 13.2 Å². The number of hydrogen-bond acceptors (Lipinski definition) is 4. The predicted molar refractivity (Wildman–Crippen MR) is 78.2 cm³/mol. The van der Waals surface area contributed by atoms with Crippen LogP contribution in [-0.2, 0) is 14.6 Å². The van der Waals surface area contributed by atoms with Gasteiger partial charge in [0.1, 0.15) is 0 Å². The van der Waals surface area contributed by atoms with Crippen molar-refractivity contribution in [1.82, 2.24) is 5.32 Å². The minimum Gasteiger partial charge on any atom is -0.384 e. The van der Waals surface area contributed by atoms with Crippen molar-refractivity contribution in [2.45, 2.75) is 19.9 Å². The van der Waals surface area contributed by atoms with Crippen LogP contribution in [0.15, 0.2) is 18.2 Å². The molecule has 0 aliphatic rings. The summed E-state index contributed by atoms with van der Waals surface area (Å²) in [6.45, 7) is 4.25. The van der Waals surface area contributed by atoms with Crippen LogP contribution in [0.25, 0.3) is 0 Å². The number of hydrogen-bond donors (Lipinski definition) is 1. The van der Waals surface area contributed by atoms with Crippen molar-refractivity contribution in [3.63, 3.8) is 0 Å². The van der Waals surface area contributed by atoms with Gasteiger partial charge in [-0.15, -0.1) is 0 Å². The van der Waals surface area contributed by atoms with Crippen molar-refractivity contribution in [3.05, 3.63) is 34.9 Å². The van der Waals surface area contributed by atoms with Gasteiger partial charge < -0.3 is 10.1 Å². The second-order valence-electron chi connectivity index (χ2n) is 4.81. The van der Waals surface area contributed by atoms with Crippen molar-refractivity contribution < 1.29 is 13.2 Å². The zero-order chi connectivity index (χ0) is 14.5. The fraction of sp³-hybridized carbons (Fsp3) is 0.571. The van der Waals surface area contributed by atoms with Crippen LogP contribution in [-0.4, -0.2) is 40.7 Å². The Morgan fingerprint density at radius 1 is 1.32 bits per heavy atom. The molecule has 1 aromatic rings. The van der Waals surface area contributed by atoms with Crippen LogP contribution in [0.1, 0.15) is 22.7 Å². The van der Waals surface area contributed by atoms with E-state index >= 15 is 0 Å². The highest BCUT2D eigenvalue weighted by atomic mass is 32.2. The Morgan fingerprint density at radius 2 is 2.00 bits per heavy atom. The molecule has 0 saturated carbocycles. The van der Waals surface area contributed by atoms with E-state index in [0.29, 0.717) is 0 Å². The lowest BCUT2D eigenvalue weighted by Crippen LogP contribution is -2.28. The third-order valence-corrected chi connectivity index (χ3v) is 4.81. The molecule has 4 nitrogen and oxygen atoms in total. The van der Waals surface area contributed by atoms with E-state index in [-0.39, 0.29) is 24.2 Å². The molecule has 0 aliphatic carbocycles. The number of rotatable bonds is 7. The summed E-state index contributed by atoms with van der Waals surface area (Å²) in [6.07, 6.45) is 0. The van der Waals surface area contributed by atoms with Crippen LogP contribution in [0, 0.1) is 13.8 Å². The lowest BCUT2D eigenvalue weighted by Gasteiger charge is -2.19. The highest BCUT2D eigenvalue weighted by Gasteiger charge is 2.20. The maximum atomic E-state index is 12.0. The quantitative estimate of drug-likeness (QED) is 0.827. The van der Waals surface area contributed by atoms with Gasteiger partial charge >= 0.3 is 0 Å². The number of aryl methyl sites for hydroxylation is 2. The van der Waals surface area contributed by atoms with E-state index < -0.39 is 9.84 Å². The Morgan fingerprint density at radius 3 is 2.58 bits per heavy atom. The zero-order valence-corrected chi connectivity index (χ0v) is 12.9. The van der Waals surface area contributed by atoms with E-state index in [4.69, 9.17) is 4.74 Å². The first kappa shape index (κ1) is 16.1. The molecule has 0 radical (unpaired) electrons. The largest absolute Gasteiger partial charge is 0.384 e. The Kier molecular flexibility index (Phi) is 5.97. The summed E-state index contributed by atoms with van der Waals surface area (Å²) < 4.78 is 28.9. The molecule has 0 aliphatic heterocycles. The molecule has 0 amide bonds. The lowest BCUT2D eigenvalue weighted by molar-refractivity contribution is 0.217. The monoisotopic (exact) mass is 285 g/mol. The van der Waals surface area contributed by atoms with E-state index in [9.17, 15) is 8.42 Å². The van der Waals surface area contributed by atoms with Crippen molar-refractivity contribution in [2.24, 2.45) is 0 Å². The molecular formula is C14H23NO3S. The molecule has 1 unspecified atom stereocenters. The average Bonchev–Trinajstić information content (AvgIpc) is 2.37. The second-order valence-corrected chi connectivity index (χ2v) is 7.04. The van der Waals surface area contributed by atoms with Crippen LogP contribution in [0.2, 0.25) is 0 Å². The highest BCUT2D eigenvalue weighted by molar-refractivity contribution is 7.91. The maximum absolute atomic E-state index is 12.0. The lowest BCUT2D eigenvalue weighted by atomic mass is 10.0. The van der Waals surface area contributed by atoms with Crippen molar-refractivity contribution >= 4 is 9.84 Å². The van der Waals surface area contributed by atoms with E-state index in [0.717, 1.165) is 16.7 Å². The number of ether oxygens (including phenoxy) is 1. The summed E-state index contributed by atoms with van der Waals surface area (Å²) in [5.41, 5.74) is 3.28. The van der Waals surface area contributed by atoms with Crippen molar-refractivity contribution in [3.8, 4) is 0 Å². The van der Waals surface area contributed by atoms with Crippen molar-refractivity contribution in [1.29, 1.82) is 0 Å². The molecule has 1 atom stereocenters. The summed E-state index contributed by atoms with van der Waals surface area (Å²) in [6, 6.07) is 5.92. The number of methoxy groups -OCH3 is 1. The summed E-state index contributed by atoms with van der Waals surface area (Å²) >= 11 is 0. The Balaban J connectivity index is 2.92. The molecule has 0 bridgehead atoms. The first-order valence-electron chi connectivity index (χ1n) is 6.33. The molecule has 1 rings (SSSR count). The SMILES string of the molecule is CNC(CS(=O)(=O)CCOC)c1cc(C)ccc1C. The van der Waals surface area contributed by atoms with E-state index in [1.807, 2.05) is 32.0 Å². The summed E-state index contributed by atoms with van der Waals surface area (Å²) in [5, 5.41) is 3.10. The minimum atomic E-state index is -3.12. The number of sulfone groups is 1. The van der Waals surface area contributed by atoms with Gasteiger partial charge in [0.05, 0.1) is 18.1 Å². The summed E-state index contributed by atoms with van der Waals surface area (Å²) in [4.78, 5) is 0. The fourth-order valence-electron chi connectivity index (χ4n) is 2.01. The fourth-order valence-corrected chi connectivity index (χ4v) is 3.45. The molecule has 0 heterocycles. The van der Waals surface area contributed by atoms with Gasteiger partial charge in [0.2, 0.25) is 0 Å². The molecular weight excluding hydrogens is 262 g/mol. The zero-order valence-electron chi connectivity index (χ0n) is 12.1. The van der Waals surface area contributed by atoms with Crippen LogP contribution in [0.4, 0.5) is 0 Å². The van der Waals surface area contributed by atoms with Gasteiger partial charge in [-0.2, -0.15) is 0 Å². The molecule has 0 saturated heterocycles. The third kappa shape index (κ3) is 4.93. The van der Waals surface area contributed by atoms with E-state index in [1.165, 1.54) is 7.11 Å². The van der Waals surface area contributed by atoms with Crippen molar-refractivity contribution in [2.75, 3.05) is 32.3 Å².